The Morgan fingerprint density at radius 3 is 2.69 bits per heavy atom. The highest BCUT2D eigenvalue weighted by molar-refractivity contribution is 5.82. The molecule has 1 aromatic heterocycles. The van der Waals surface area contributed by atoms with Crippen LogP contribution in [-0.2, 0) is 11.3 Å². The second kappa shape index (κ2) is 4.65. The Balaban J connectivity index is 2.61. The number of nitrogens with zero attached hydrogens (tertiary/aromatic N) is 2. The molecule has 0 unspecified atom stereocenters. The van der Waals surface area contributed by atoms with Gasteiger partial charge in [-0.15, -0.1) is 0 Å². The van der Waals surface area contributed by atoms with Crippen molar-refractivity contribution < 1.29 is 4.79 Å². The van der Waals surface area contributed by atoms with Crippen LogP contribution in [0, 0.1) is 5.41 Å². The number of nitrogens with two attached hydrogens (primary N) is 1. The predicted octanol–water partition coefficient (Wildman–Crippen LogP) is 0.741. The largest absolute Gasteiger partial charge is 0.340 e. The molecule has 1 rings (SSSR count). The smallest absolute Gasteiger partial charge is 0.240 e. The Labute approximate surface area is 96.0 Å². The van der Waals surface area contributed by atoms with Crippen LogP contribution >= 0.6 is 0 Å². The summed E-state index contributed by atoms with van der Waals surface area (Å²) < 4.78 is 0. The molecule has 1 atom stereocenters. The highest BCUT2D eigenvalue weighted by Crippen LogP contribution is 2.19. The molecule has 0 aliphatic carbocycles. The number of likely N-dealkylation sites (N-methyl/N-ethyl adjacent to an activating group) is 1. The maximum absolute atomic E-state index is 12.0. The number of hydrogen-bond donors (Lipinski definition) is 2. The van der Waals surface area contributed by atoms with Crippen LogP contribution in [0.15, 0.2) is 12.4 Å². The quantitative estimate of drug-likeness (QED) is 0.795. The molecule has 5 heteroatoms. The fourth-order valence-corrected chi connectivity index (χ4v) is 1.32. The van der Waals surface area contributed by atoms with Crippen molar-refractivity contribution in [3.63, 3.8) is 0 Å². The van der Waals surface area contributed by atoms with Crippen molar-refractivity contribution in [1.82, 2.24) is 15.1 Å². The van der Waals surface area contributed by atoms with Crippen molar-refractivity contribution in [1.29, 1.82) is 0 Å². The molecule has 0 aliphatic rings. The topological polar surface area (TPSA) is 75.0 Å². The number of carbonyl (C=O) groups is 1. The fourth-order valence-electron chi connectivity index (χ4n) is 1.32. The summed E-state index contributed by atoms with van der Waals surface area (Å²) in [5, 5.41) is 6.55. The summed E-state index contributed by atoms with van der Waals surface area (Å²) in [6.07, 6.45) is 3.47. The minimum Gasteiger partial charge on any atom is -0.340 e. The van der Waals surface area contributed by atoms with Crippen LogP contribution in [0.4, 0.5) is 0 Å². The second-order valence-electron chi connectivity index (χ2n) is 5.14. The maximum Gasteiger partial charge on any atom is 0.240 e. The molecule has 90 valence electrons. The van der Waals surface area contributed by atoms with Gasteiger partial charge in [0.15, 0.2) is 0 Å². The molecule has 0 aromatic carbocycles. The summed E-state index contributed by atoms with van der Waals surface area (Å²) in [6, 6.07) is -0.482. The van der Waals surface area contributed by atoms with E-state index < -0.39 is 6.04 Å². The average molecular weight is 224 g/mol. The van der Waals surface area contributed by atoms with Gasteiger partial charge in [0.25, 0.3) is 0 Å². The van der Waals surface area contributed by atoms with Crippen molar-refractivity contribution in [2.24, 2.45) is 11.1 Å². The van der Waals surface area contributed by atoms with Crippen molar-refractivity contribution in [3.05, 3.63) is 18.0 Å². The fraction of sp³-hybridized carbons (Fsp3) is 0.636. The molecule has 0 fully saturated rings. The van der Waals surface area contributed by atoms with Gasteiger partial charge in [-0.1, -0.05) is 20.8 Å². The van der Waals surface area contributed by atoms with Crippen LogP contribution in [-0.4, -0.2) is 34.1 Å². The lowest BCUT2D eigenvalue weighted by Crippen LogP contribution is -2.48. The van der Waals surface area contributed by atoms with Gasteiger partial charge < -0.3 is 10.6 Å². The van der Waals surface area contributed by atoms with Crippen molar-refractivity contribution in [2.45, 2.75) is 33.4 Å². The van der Waals surface area contributed by atoms with Gasteiger partial charge in [0, 0.05) is 25.4 Å². The molecule has 1 amide bonds. The van der Waals surface area contributed by atoms with E-state index in [1.165, 1.54) is 0 Å². The van der Waals surface area contributed by atoms with E-state index in [0.717, 1.165) is 5.56 Å². The summed E-state index contributed by atoms with van der Waals surface area (Å²) in [7, 11) is 1.75. The third kappa shape index (κ3) is 3.06. The minimum absolute atomic E-state index is 0.0475. The van der Waals surface area contributed by atoms with Crippen LogP contribution in [0.3, 0.4) is 0 Å². The van der Waals surface area contributed by atoms with Crippen molar-refractivity contribution >= 4 is 5.91 Å². The van der Waals surface area contributed by atoms with E-state index >= 15 is 0 Å². The van der Waals surface area contributed by atoms with Crippen LogP contribution in [0.1, 0.15) is 26.3 Å². The summed E-state index contributed by atoms with van der Waals surface area (Å²) >= 11 is 0. The summed E-state index contributed by atoms with van der Waals surface area (Å²) in [5.74, 6) is -0.0475. The van der Waals surface area contributed by atoms with Crippen LogP contribution < -0.4 is 5.73 Å². The standard InChI is InChI=1S/C11H20N4O/c1-11(2,3)9(12)10(16)15(4)7-8-5-13-14-6-8/h5-6,9H,7,12H2,1-4H3,(H,13,14)/t9-/m0/s1. The first-order valence-electron chi connectivity index (χ1n) is 5.30. The Bertz CT molecular complexity index is 339. The van der Waals surface area contributed by atoms with E-state index in [-0.39, 0.29) is 11.3 Å². The van der Waals surface area contributed by atoms with Crippen LogP contribution in [0.2, 0.25) is 0 Å². The predicted molar refractivity (Wildman–Crippen MR) is 62.5 cm³/mol. The second-order valence-corrected chi connectivity index (χ2v) is 5.14. The number of aromatic nitrogens is 2. The average Bonchev–Trinajstić information content (AvgIpc) is 2.66. The van der Waals surface area contributed by atoms with Crippen molar-refractivity contribution in [2.75, 3.05) is 7.05 Å². The number of amides is 1. The monoisotopic (exact) mass is 224 g/mol. The van der Waals surface area contributed by atoms with Crippen LogP contribution in [0.5, 0.6) is 0 Å². The number of hydrogen-bond acceptors (Lipinski definition) is 3. The molecule has 0 saturated carbocycles. The Morgan fingerprint density at radius 1 is 1.62 bits per heavy atom. The lowest BCUT2D eigenvalue weighted by Gasteiger charge is -2.29. The summed E-state index contributed by atoms with van der Waals surface area (Å²) in [6.45, 7) is 6.41. The molecular weight excluding hydrogens is 204 g/mol. The summed E-state index contributed by atoms with van der Waals surface area (Å²) in [5.41, 5.74) is 6.66. The van der Waals surface area contributed by atoms with E-state index in [9.17, 15) is 4.79 Å². The first-order valence-corrected chi connectivity index (χ1v) is 5.30. The SMILES string of the molecule is CN(Cc1cn[nH]c1)C(=O)[C@H](N)C(C)(C)C. The van der Waals surface area contributed by atoms with Gasteiger partial charge in [0.2, 0.25) is 5.91 Å². The van der Waals surface area contributed by atoms with Crippen LogP contribution in [0.25, 0.3) is 0 Å². The third-order valence-electron chi connectivity index (χ3n) is 2.55. The number of carbonyl (C=O) groups excluding carboxylic acids is 1. The highest BCUT2D eigenvalue weighted by atomic mass is 16.2. The van der Waals surface area contributed by atoms with E-state index in [2.05, 4.69) is 10.2 Å². The molecule has 1 aromatic rings. The normalized spacial score (nSPS) is 13.6. The third-order valence-corrected chi connectivity index (χ3v) is 2.55. The van der Waals surface area contributed by atoms with Gasteiger partial charge in [-0.25, -0.2) is 0 Å². The summed E-state index contributed by atoms with van der Waals surface area (Å²) in [4.78, 5) is 13.6. The maximum atomic E-state index is 12.0. The van der Waals surface area contributed by atoms with Gasteiger partial charge in [-0.05, 0) is 5.41 Å². The molecule has 0 saturated heterocycles. The van der Waals surface area contributed by atoms with Crippen molar-refractivity contribution in [3.8, 4) is 0 Å². The molecule has 0 bridgehead atoms. The molecule has 0 spiro atoms. The molecular formula is C11H20N4O. The minimum atomic E-state index is -0.482. The number of H-pyrrole nitrogens is 1. The highest BCUT2D eigenvalue weighted by Gasteiger charge is 2.29. The lowest BCUT2D eigenvalue weighted by atomic mass is 9.86. The molecule has 0 radical (unpaired) electrons. The Hall–Kier alpha value is -1.36. The van der Waals surface area contributed by atoms with Gasteiger partial charge in [-0.2, -0.15) is 5.10 Å². The molecule has 16 heavy (non-hydrogen) atoms. The molecule has 0 aliphatic heterocycles. The number of aromatic amines is 1. The van der Waals surface area contributed by atoms with Gasteiger partial charge >= 0.3 is 0 Å². The van der Waals surface area contributed by atoms with Gasteiger partial charge in [0.05, 0.1) is 12.2 Å². The molecule has 1 heterocycles. The zero-order chi connectivity index (χ0) is 12.3. The van der Waals surface area contributed by atoms with Gasteiger partial charge in [0.1, 0.15) is 0 Å². The van der Waals surface area contributed by atoms with E-state index in [0.29, 0.717) is 6.54 Å². The van der Waals surface area contributed by atoms with Gasteiger partial charge in [-0.3, -0.25) is 9.89 Å². The van der Waals surface area contributed by atoms with E-state index in [1.54, 1.807) is 24.3 Å². The first-order chi connectivity index (χ1) is 7.32. The lowest BCUT2D eigenvalue weighted by molar-refractivity contribution is -0.134. The zero-order valence-electron chi connectivity index (χ0n) is 10.3. The number of nitrogens with one attached hydrogen (secondary N) is 1. The van der Waals surface area contributed by atoms with E-state index in [4.69, 9.17) is 5.73 Å². The Kier molecular flexibility index (Phi) is 3.70. The Morgan fingerprint density at radius 2 is 2.25 bits per heavy atom. The first kappa shape index (κ1) is 12.7. The number of rotatable bonds is 3. The molecule has 3 N–H and O–H groups in total. The van der Waals surface area contributed by atoms with E-state index in [1.807, 2.05) is 20.8 Å². The molecule has 5 nitrogen and oxygen atoms in total. The zero-order valence-corrected chi connectivity index (χ0v) is 10.3.